The van der Waals surface area contributed by atoms with Crippen LogP contribution in [0, 0.1) is 11.6 Å². The Labute approximate surface area is 109 Å². The molecule has 0 saturated heterocycles. The predicted octanol–water partition coefficient (Wildman–Crippen LogP) is 2.42. The third-order valence-corrected chi connectivity index (χ3v) is 3.28. The lowest BCUT2D eigenvalue weighted by atomic mass is 10.1. The van der Waals surface area contributed by atoms with Crippen molar-refractivity contribution in [2.45, 2.75) is 19.4 Å². The summed E-state index contributed by atoms with van der Waals surface area (Å²) in [6.07, 6.45) is 2.59. The van der Waals surface area contributed by atoms with E-state index in [-0.39, 0.29) is 11.7 Å². The fourth-order valence-electron chi connectivity index (χ4n) is 1.50. The number of amides is 1. The van der Waals surface area contributed by atoms with Crippen LogP contribution in [0.5, 0.6) is 0 Å². The van der Waals surface area contributed by atoms with E-state index in [1.807, 2.05) is 13.2 Å². The molecule has 1 rings (SSSR count). The summed E-state index contributed by atoms with van der Waals surface area (Å²) < 4.78 is 27.1. The van der Waals surface area contributed by atoms with Gasteiger partial charge in [0.2, 0.25) is 0 Å². The number of thioether (sulfide) groups is 1. The number of anilines is 1. The van der Waals surface area contributed by atoms with Gasteiger partial charge in [-0.25, -0.2) is 8.78 Å². The van der Waals surface area contributed by atoms with Gasteiger partial charge in [0, 0.05) is 11.8 Å². The summed E-state index contributed by atoms with van der Waals surface area (Å²) in [5.74, 6) is -1.99. The van der Waals surface area contributed by atoms with E-state index >= 15 is 0 Å². The van der Waals surface area contributed by atoms with Gasteiger partial charge < -0.3 is 11.1 Å². The van der Waals surface area contributed by atoms with E-state index in [1.165, 1.54) is 0 Å². The van der Waals surface area contributed by atoms with E-state index in [9.17, 15) is 13.6 Å². The highest BCUT2D eigenvalue weighted by Gasteiger charge is 2.21. The largest absolute Gasteiger partial charge is 0.396 e. The number of carbonyl (C=O) groups excluding carboxylic acids is 1. The monoisotopic (exact) mass is 274 g/mol. The highest BCUT2D eigenvalue weighted by atomic mass is 32.2. The van der Waals surface area contributed by atoms with E-state index in [1.54, 1.807) is 11.8 Å². The molecule has 0 radical (unpaired) electrons. The van der Waals surface area contributed by atoms with Gasteiger partial charge in [-0.3, -0.25) is 4.79 Å². The molecule has 1 aromatic rings. The number of nitrogens with one attached hydrogen (secondary N) is 1. The molecular formula is C12H16F2N2OS. The summed E-state index contributed by atoms with van der Waals surface area (Å²) in [5, 5.41) is 2.60. The van der Waals surface area contributed by atoms with Gasteiger partial charge in [0.1, 0.15) is 11.4 Å². The first-order chi connectivity index (χ1) is 8.51. The molecule has 1 amide bonds. The lowest BCUT2D eigenvalue weighted by Gasteiger charge is -2.16. The van der Waals surface area contributed by atoms with Crippen molar-refractivity contribution in [1.29, 1.82) is 0 Å². The minimum Gasteiger partial charge on any atom is -0.396 e. The third-order valence-electron chi connectivity index (χ3n) is 2.54. The molecule has 3 nitrogen and oxygen atoms in total. The van der Waals surface area contributed by atoms with Gasteiger partial charge in [-0.2, -0.15) is 11.8 Å². The molecule has 3 N–H and O–H groups in total. The number of hydrogen-bond acceptors (Lipinski definition) is 3. The first-order valence-electron chi connectivity index (χ1n) is 5.54. The lowest BCUT2D eigenvalue weighted by molar-refractivity contribution is 0.0931. The van der Waals surface area contributed by atoms with Crippen LogP contribution >= 0.6 is 11.8 Å². The molecule has 0 bridgehead atoms. The van der Waals surface area contributed by atoms with Crippen molar-refractivity contribution in [2.75, 3.05) is 17.7 Å². The summed E-state index contributed by atoms with van der Waals surface area (Å²) in [6.45, 7) is 1.90. The topological polar surface area (TPSA) is 55.1 Å². The molecule has 1 atom stereocenters. The predicted molar refractivity (Wildman–Crippen MR) is 70.7 cm³/mol. The maximum Gasteiger partial charge on any atom is 0.257 e. The van der Waals surface area contributed by atoms with Crippen LogP contribution in [0.2, 0.25) is 0 Å². The second-order valence-corrected chi connectivity index (χ2v) is 4.77. The molecule has 1 unspecified atom stereocenters. The van der Waals surface area contributed by atoms with Crippen molar-refractivity contribution in [3.05, 3.63) is 29.3 Å². The van der Waals surface area contributed by atoms with Crippen molar-refractivity contribution < 1.29 is 13.6 Å². The van der Waals surface area contributed by atoms with Gasteiger partial charge in [0.25, 0.3) is 5.91 Å². The highest BCUT2D eigenvalue weighted by molar-refractivity contribution is 7.98. The molecule has 0 aliphatic rings. The van der Waals surface area contributed by atoms with Gasteiger partial charge >= 0.3 is 0 Å². The fraction of sp³-hybridized carbons (Fsp3) is 0.417. The minimum atomic E-state index is -1.01. The van der Waals surface area contributed by atoms with Crippen molar-refractivity contribution in [3.63, 3.8) is 0 Å². The Bertz CT molecular complexity index is 440. The van der Waals surface area contributed by atoms with Gasteiger partial charge in [-0.15, -0.1) is 0 Å². The molecule has 0 aliphatic carbocycles. The van der Waals surface area contributed by atoms with Crippen LogP contribution in [0.25, 0.3) is 0 Å². The molecule has 6 heteroatoms. The van der Waals surface area contributed by atoms with E-state index in [0.29, 0.717) is 12.2 Å². The van der Waals surface area contributed by atoms with Crippen molar-refractivity contribution >= 4 is 23.4 Å². The van der Waals surface area contributed by atoms with Crippen molar-refractivity contribution in [3.8, 4) is 0 Å². The number of carbonyl (C=O) groups is 1. The quantitative estimate of drug-likeness (QED) is 0.811. The second kappa shape index (κ2) is 6.58. The van der Waals surface area contributed by atoms with E-state index < -0.39 is 23.1 Å². The number of benzene rings is 1. The minimum absolute atomic E-state index is 0.118. The zero-order valence-corrected chi connectivity index (χ0v) is 11.1. The smallest absolute Gasteiger partial charge is 0.257 e. The normalized spacial score (nSPS) is 12.2. The second-order valence-electron chi connectivity index (χ2n) is 3.86. The number of nitrogens with two attached hydrogens (primary N) is 1. The third kappa shape index (κ3) is 3.35. The van der Waals surface area contributed by atoms with E-state index in [4.69, 9.17) is 5.73 Å². The first kappa shape index (κ1) is 14.8. The Morgan fingerprint density at radius 3 is 2.72 bits per heavy atom. The summed E-state index contributed by atoms with van der Waals surface area (Å²) in [7, 11) is 0. The zero-order chi connectivity index (χ0) is 13.7. The molecule has 18 heavy (non-hydrogen) atoms. The van der Waals surface area contributed by atoms with Crippen LogP contribution in [0.3, 0.4) is 0 Å². The van der Waals surface area contributed by atoms with E-state index in [0.717, 1.165) is 12.1 Å². The van der Waals surface area contributed by atoms with Crippen LogP contribution in [0.15, 0.2) is 12.1 Å². The molecule has 0 heterocycles. The van der Waals surface area contributed by atoms with Crippen LogP contribution in [0.1, 0.15) is 23.7 Å². The van der Waals surface area contributed by atoms with Gasteiger partial charge in [0.15, 0.2) is 5.82 Å². The number of halogens is 2. The molecular weight excluding hydrogens is 258 g/mol. The highest BCUT2D eigenvalue weighted by Crippen LogP contribution is 2.18. The maximum atomic E-state index is 13.6. The number of hydrogen-bond donors (Lipinski definition) is 2. The van der Waals surface area contributed by atoms with Crippen LogP contribution in [0.4, 0.5) is 14.5 Å². The van der Waals surface area contributed by atoms with Crippen LogP contribution in [-0.4, -0.2) is 24.0 Å². The first-order valence-corrected chi connectivity index (χ1v) is 6.93. The zero-order valence-electron chi connectivity index (χ0n) is 10.3. The molecule has 100 valence electrons. The molecule has 0 fully saturated rings. The Balaban J connectivity index is 2.93. The molecule has 0 saturated carbocycles. The average molecular weight is 274 g/mol. The SMILES string of the molecule is CCC(CSC)NC(=O)c1c(F)ccc(N)c1F. The summed E-state index contributed by atoms with van der Waals surface area (Å²) >= 11 is 1.56. The van der Waals surface area contributed by atoms with E-state index in [2.05, 4.69) is 5.32 Å². The Morgan fingerprint density at radius 1 is 1.50 bits per heavy atom. The van der Waals surface area contributed by atoms with Crippen LogP contribution in [-0.2, 0) is 0 Å². The summed E-state index contributed by atoms with van der Waals surface area (Å²) in [6, 6.07) is 1.97. The number of nitrogen functional groups attached to an aromatic ring is 1. The van der Waals surface area contributed by atoms with Gasteiger partial charge in [-0.05, 0) is 24.8 Å². The van der Waals surface area contributed by atoms with Gasteiger partial charge in [0.05, 0.1) is 5.69 Å². The number of rotatable bonds is 5. The molecule has 0 aromatic heterocycles. The Hall–Kier alpha value is -1.30. The fourth-order valence-corrected chi connectivity index (χ4v) is 2.22. The molecule has 0 spiro atoms. The summed E-state index contributed by atoms with van der Waals surface area (Å²) in [4.78, 5) is 11.8. The van der Waals surface area contributed by atoms with Crippen molar-refractivity contribution in [1.82, 2.24) is 5.32 Å². The Morgan fingerprint density at radius 2 is 2.17 bits per heavy atom. The molecule has 1 aromatic carbocycles. The Kier molecular flexibility index (Phi) is 5.40. The average Bonchev–Trinajstić information content (AvgIpc) is 2.34. The maximum absolute atomic E-state index is 13.6. The lowest BCUT2D eigenvalue weighted by Crippen LogP contribution is -2.37. The van der Waals surface area contributed by atoms with Crippen molar-refractivity contribution in [2.24, 2.45) is 0 Å². The summed E-state index contributed by atoms with van der Waals surface area (Å²) in [5.41, 5.74) is 4.47. The standard InChI is InChI=1S/C12H16F2N2OS/c1-3-7(6-18-2)16-12(17)10-8(13)4-5-9(15)11(10)14/h4-5,7H,3,6,15H2,1-2H3,(H,16,17). The van der Waals surface area contributed by atoms with Crippen LogP contribution < -0.4 is 11.1 Å². The van der Waals surface area contributed by atoms with Gasteiger partial charge in [-0.1, -0.05) is 6.92 Å². The molecule has 0 aliphatic heterocycles.